The molecular weight excluding hydrogens is 326 g/mol. The van der Waals surface area contributed by atoms with Crippen molar-refractivity contribution >= 4 is 12.0 Å². The Morgan fingerprint density at radius 3 is 2.46 bits per heavy atom. The van der Waals surface area contributed by atoms with Crippen molar-refractivity contribution in [2.75, 3.05) is 20.8 Å². The minimum atomic E-state index is -0.0999. The van der Waals surface area contributed by atoms with Gasteiger partial charge in [0.25, 0.3) is 0 Å². The molecule has 1 fully saturated rings. The number of ether oxygens (including phenoxy) is 2. The number of carbonyl (C=O) groups excluding carboxylic acids is 1. The van der Waals surface area contributed by atoms with Crippen LogP contribution in [-0.4, -0.2) is 26.7 Å². The summed E-state index contributed by atoms with van der Waals surface area (Å²) < 4.78 is 10.7. The van der Waals surface area contributed by atoms with Crippen LogP contribution < -0.4 is 14.8 Å². The third-order valence-corrected chi connectivity index (χ3v) is 5.15. The van der Waals surface area contributed by atoms with Gasteiger partial charge in [0, 0.05) is 23.6 Å². The number of benzene rings is 2. The van der Waals surface area contributed by atoms with Gasteiger partial charge in [-0.15, -0.1) is 0 Å². The number of methoxy groups -OCH3 is 2. The summed E-state index contributed by atoms with van der Waals surface area (Å²) in [6.45, 7) is 0.662. The average Bonchev–Trinajstić information content (AvgIpc) is 2.65. The van der Waals surface area contributed by atoms with Crippen LogP contribution in [0.1, 0.15) is 30.4 Å². The Morgan fingerprint density at radius 2 is 1.85 bits per heavy atom. The number of amides is 1. The number of nitrogens with one attached hydrogen (secondary N) is 1. The molecule has 4 nitrogen and oxygen atoms in total. The Balaban J connectivity index is 1.65. The maximum Gasteiger partial charge on any atom is 0.244 e. The lowest BCUT2D eigenvalue weighted by Gasteiger charge is -2.42. The number of rotatable bonds is 7. The predicted octanol–water partition coefficient (Wildman–Crippen LogP) is 3.96. The lowest BCUT2D eigenvalue weighted by molar-refractivity contribution is -0.116. The number of para-hydroxylation sites is 1. The van der Waals surface area contributed by atoms with E-state index >= 15 is 0 Å². The lowest BCUT2D eigenvalue weighted by Crippen LogP contribution is -2.45. The monoisotopic (exact) mass is 351 g/mol. The molecule has 2 aromatic carbocycles. The van der Waals surface area contributed by atoms with Crippen LogP contribution in [0, 0.1) is 0 Å². The molecule has 2 aromatic rings. The summed E-state index contributed by atoms with van der Waals surface area (Å²) in [5.41, 5.74) is 2.20. The van der Waals surface area contributed by atoms with Gasteiger partial charge < -0.3 is 14.8 Å². The molecule has 4 heteroatoms. The zero-order valence-corrected chi connectivity index (χ0v) is 15.3. The molecule has 0 unspecified atom stereocenters. The first-order valence-corrected chi connectivity index (χ1v) is 8.91. The minimum absolute atomic E-state index is 0.0818. The third kappa shape index (κ3) is 3.74. The molecule has 0 bridgehead atoms. The molecule has 0 aromatic heterocycles. The van der Waals surface area contributed by atoms with Crippen molar-refractivity contribution in [3.63, 3.8) is 0 Å². The first-order valence-electron chi connectivity index (χ1n) is 8.91. The van der Waals surface area contributed by atoms with Crippen LogP contribution in [0.2, 0.25) is 0 Å². The van der Waals surface area contributed by atoms with Crippen LogP contribution in [-0.2, 0) is 10.2 Å². The van der Waals surface area contributed by atoms with Gasteiger partial charge in [0.05, 0.1) is 14.2 Å². The van der Waals surface area contributed by atoms with E-state index in [1.165, 1.54) is 12.0 Å². The SMILES string of the molecule is COc1cccc(/C=C/C(=O)NCC2(c3ccccc3)CCC2)c1OC. The van der Waals surface area contributed by atoms with Crippen molar-refractivity contribution in [1.29, 1.82) is 0 Å². The molecule has 1 amide bonds. The highest BCUT2D eigenvalue weighted by Crippen LogP contribution is 2.43. The van der Waals surface area contributed by atoms with E-state index in [0.29, 0.717) is 18.0 Å². The van der Waals surface area contributed by atoms with Crippen LogP contribution >= 0.6 is 0 Å². The predicted molar refractivity (Wildman–Crippen MR) is 104 cm³/mol. The molecule has 0 spiro atoms. The van der Waals surface area contributed by atoms with Crippen molar-refractivity contribution in [3.05, 3.63) is 65.7 Å². The molecular formula is C22H25NO3. The highest BCUT2D eigenvalue weighted by atomic mass is 16.5. The van der Waals surface area contributed by atoms with E-state index in [0.717, 1.165) is 18.4 Å². The molecule has 1 aliphatic carbocycles. The summed E-state index contributed by atoms with van der Waals surface area (Å²) in [6.07, 6.45) is 6.75. The molecule has 1 N–H and O–H groups in total. The highest BCUT2D eigenvalue weighted by Gasteiger charge is 2.38. The molecule has 1 saturated carbocycles. The molecule has 0 aliphatic heterocycles. The summed E-state index contributed by atoms with van der Waals surface area (Å²) >= 11 is 0. The second kappa shape index (κ2) is 8.09. The summed E-state index contributed by atoms with van der Waals surface area (Å²) in [6, 6.07) is 16.1. The quantitative estimate of drug-likeness (QED) is 0.768. The number of carbonyl (C=O) groups is 1. The Bertz CT molecular complexity index is 779. The van der Waals surface area contributed by atoms with Gasteiger partial charge in [-0.05, 0) is 30.5 Å². The standard InChI is InChI=1S/C22H25NO3/c1-25-19-11-6-8-17(21(19)26-2)12-13-20(24)23-16-22(14-7-15-22)18-9-4-3-5-10-18/h3-6,8-13H,7,14-16H2,1-2H3,(H,23,24)/b13-12+. The fourth-order valence-electron chi connectivity index (χ4n) is 3.49. The summed E-state index contributed by atoms with van der Waals surface area (Å²) in [5.74, 6) is 1.17. The van der Waals surface area contributed by atoms with E-state index in [-0.39, 0.29) is 11.3 Å². The summed E-state index contributed by atoms with van der Waals surface area (Å²) in [4.78, 5) is 12.3. The van der Waals surface area contributed by atoms with E-state index in [1.807, 2.05) is 24.3 Å². The molecule has 26 heavy (non-hydrogen) atoms. The van der Waals surface area contributed by atoms with E-state index in [9.17, 15) is 4.79 Å². The zero-order chi connectivity index (χ0) is 18.4. The van der Waals surface area contributed by atoms with Crippen LogP contribution in [0.3, 0.4) is 0 Å². The minimum Gasteiger partial charge on any atom is -0.493 e. The van der Waals surface area contributed by atoms with Crippen molar-refractivity contribution < 1.29 is 14.3 Å². The van der Waals surface area contributed by atoms with Gasteiger partial charge in [-0.2, -0.15) is 0 Å². The second-order valence-corrected chi connectivity index (χ2v) is 6.63. The van der Waals surface area contributed by atoms with Gasteiger partial charge in [-0.25, -0.2) is 0 Å². The van der Waals surface area contributed by atoms with Gasteiger partial charge >= 0.3 is 0 Å². The highest BCUT2D eigenvalue weighted by molar-refractivity contribution is 5.92. The Kier molecular flexibility index (Phi) is 5.61. The fourth-order valence-corrected chi connectivity index (χ4v) is 3.49. The molecule has 136 valence electrons. The van der Waals surface area contributed by atoms with Crippen LogP contribution in [0.5, 0.6) is 11.5 Å². The molecule has 3 rings (SSSR count). The van der Waals surface area contributed by atoms with Gasteiger partial charge in [0.2, 0.25) is 5.91 Å². The summed E-state index contributed by atoms with van der Waals surface area (Å²) in [7, 11) is 3.19. The Hall–Kier alpha value is -2.75. The van der Waals surface area contributed by atoms with Gasteiger partial charge in [0.1, 0.15) is 0 Å². The normalized spacial score (nSPS) is 15.3. The first-order chi connectivity index (χ1) is 12.7. The van der Waals surface area contributed by atoms with Gasteiger partial charge in [-0.1, -0.05) is 48.9 Å². The van der Waals surface area contributed by atoms with Crippen molar-refractivity contribution in [3.8, 4) is 11.5 Å². The number of hydrogen-bond donors (Lipinski definition) is 1. The lowest BCUT2D eigenvalue weighted by atomic mass is 9.64. The third-order valence-electron chi connectivity index (χ3n) is 5.15. The second-order valence-electron chi connectivity index (χ2n) is 6.63. The maximum absolute atomic E-state index is 12.3. The molecule has 0 radical (unpaired) electrons. The van der Waals surface area contributed by atoms with Crippen LogP contribution in [0.4, 0.5) is 0 Å². The Morgan fingerprint density at radius 1 is 1.08 bits per heavy atom. The molecule has 0 heterocycles. The number of hydrogen-bond acceptors (Lipinski definition) is 3. The van der Waals surface area contributed by atoms with Crippen molar-refractivity contribution in [2.24, 2.45) is 0 Å². The topological polar surface area (TPSA) is 47.6 Å². The van der Waals surface area contributed by atoms with E-state index in [2.05, 4.69) is 29.6 Å². The van der Waals surface area contributed by atoms with Gasteiger partial charge in [0.15, 0.2) is 11.5 Å². The fraction of sp³-hybridized carbons (Fsp3) is 0.318. The van der Waals surface area contributed by atoms with Crippen molar-refractivity contribution in [1.82, 2.24) is 5.32 Å². The first kappa shape index (κ1) is 18.1. The summed E-state index contributed by atoms with van der Waals surface area (Å²) in [5, 5.41) is 3.06. The zero-order valence-electron chi connectivity index (χ0n) is 15.3. The largest absolute Gasteiger partial charge is 0.493 e. The van der Waals surface area contributed by atoms with E-state index < -0.39 is 0 Å². The molecule has 0 atom stereocenters. The van der Waals surface area contributed by atoms with Crippen LogP contribution in [0.25, 0.3) is 6.08 Å². The average molecular weight is 351 g/mol. The molecule has 0 saturated heterocycles. The van der Waals surface area contributed by atoms with Crippen molar-refractivity contribution in [2.45, 2.75) is 24.7 Å². The van der Waals surface area contributed by atoms with E-state index in [4.69, 9.17) is 9.47 Å². The maximum atomic E-state index is 12.3. The Labute approximate surface area is 154 Å². The smallest absolute Gasteiger partial charge is 0.244 e. The van der Waals surface area contributed by atoms with Gasteiger partial charge in [-0.3, -0.25) is 4.79 Å². The van der Waals surface area contributed by atoms with Crippen LogP contribution in [0.15, 0.2) is 54.6 Å². The van der Waals surface area contributed by atoms with E-state index in [1.54, 1.807) is 26.4 Å². The molecule has 1 aliphatic rings.